The number of carboxylic acids is 1. The van der Waals surface area contributed by atoms with Crippen LogP contribution in [0.15, 0.2) is 42.5 Å². The monoisotopic (exact) mass is 396 g/mol. The summed E-state index contributed by atoms with van der Waals surface area (Å²) in [5.41, 5.74) is 4.52. The number of carbonyl (C=O) groups is 1. The summed E-state index contributed by atoms with van der Waals surface area (Å²) in [7, 11) is 3.22. The Hall–Kier alpha value is -2.63. The maximum absolute atomic E-state index is 11.2. The van der Waals surface area contributed by atoms with Crippen LogP contribution in [0.3, 0.4) is 0 Å². The Labute approximate surface area is 171 Å². The molecule has 29 heavy (non-hydrogen) atoms. The first-order chi connectivity index (χ1) is 13.8. The Morgan fingerprint density at radius 1 is 1.14 bits per heavy atom. The minimum atomic E-state index is -0.939. The number of aromatic carboxylic acids is 1. The molecule has 3 rings (SSSR count). The predicted octanol–water partition coefficient (Wildman–Crippen LogP) is 4.99. The van der Waals surface area contributed by atoms with E-state index in [1.165, 1.54) is 5.56 Å². The summed E-state index contributed by atoms with van der Waals surface area (Å²) in [6.45, 7) is 5.21. The van der Waals surface area contributed by atoms with Crippen LogP contribution in [0, 0.1) is 0 Å². The second kappa shape index (κ2) is 8.80. The molecule has 0 fully saturated rings. The van der Waals surface area contributed by atoms with E-state index in [1.807, 2.05) is 24.3 Å². The number of hydrogen-bond donors (Lipinski definition) is 1. The number of carboxylic acid groups (broad SMARTS) is 1. The lowest BCUT2D eigenvalue weighted by Gasteiger charge is -2.32. The lowest BCUT2D eigenvalue weighted by Crippen LogP contribution is -2.26. The first kappa shape index (κ1) is 21.1. The first-order valence-corrected chi connectivity index (χ1v) is 9.71. The van der Waals surface area contributed by atoms with Crippen LogP contribution in [0.1, 0.15) is 53.7 Å². The van der Waals surface area contributed by atoms with E-state index >= 15 is 0 Å². The topological polar surface area (TPSA) is 65.0 Å². The van der Waals surface area contributed by atoms with Crippen LogP contribution in [-0.4, -0.2) is 38.2 Å². The SMILES string of the molecule is COC(CC(=Cc1ccc2c(c1)C(C)(C)CCO2)c1ccc(C(=O)O)cc1)OC. The lowest BCUT2D eigenvalue weighted by molar-refractivity contribution is -0.0970. The molecule has 0 radical (unpaired) electrons. The molecule has 5 heteroatoms. The molecule has 0 amide bonds. The fraction of sp³-hybridized carbons (Fsp3) is 0.375. The second-order valence-electron chi connectivity index (χ2n) is 7.90. The van der Waals surface area contributed by atoms with E-state index in [9.17, 15) is 4.79 Å². The maximum Gasteiger partial charge on any atom is 0.335 e. The van der Waals surface area contributed by atoms with Crippen molar-refractivity contribution in [1.82, 2.24) is 0 Å². The van der Waals surface area contributed by atoms with Crippen LogP contribution >= 0.6 is 0 Å². The quantitative estimate of drug-likeness (QED) is 0.527. The largest absolute Gasteiger partial charge is 0.493 e. The van der Waals surface area contributed by atoms with Gasteiger partial charge in [-0.25, -0.2) is 4.79 Å². The number of hydrogen-bond acceptors (Lipinski definition) is 4. The van der Waals surface area contributed by atoms with Crippen molar-refractivity contribution in [2.45, 2.75) is 38.4 Å². The second-order valence-corrected chi connectivity index (χ2v) is 7.90. The van der Waals surface area contributed by atoms with E-state index in [0.29, 0.717) is 6.42 Å². The fourth-order valence-electron chi connectivity index (χ4n) is 3.57. The summed E-state index contributed by atoms with van der Waals surface area (Å²) in [5.74, 6) is 0.00285. The van der Waals surface area contributed by atoms with E-state index in [0.717, 1.165) is 35.5 Å². The summed E-state index contributed by atoms with van der Waals surface area (Å²) in [6, 6.07) is 13.1. The van der Waals surface area contributed by atoms with Crippen molar-refractivity contribution in [3.05, 3.63) is 64.7 Å². The molecular weight excluding hydrogens is 368 g/mol. The molecule has 0 aliphatic carbocycles. The van der Waals surface area contributed by atoms with E-state index < -0.39 is 12.3 Å². The van der Waals surface area contributed by atoms with Crippen molar-refractivity contribution in [2.24, 2.45) is 0 Å². The Bertz CT molecular complexity index is 892. The first-order valence-electron chi connectivity index (χ1n) is 9.71. The molecule has 1 N–H and O–H groups in total. The Morgan fingerprint density at radius 3 is 2.41 bits per heavy atom. The molecule has 0 atom stereocenters. The Balaban J connectivity index is 2.01. The number of fused-ring (bicyclic) bond motifs is 1. The zero-order valence-electron chi connectivity index (χ0n) is 17.4. The number of ether oxygens (including phenoxy) is 3. The molecule has 154 valence electrons. The molecule has 0 saturated carbocycles. The van der Waals surface area contributed by atoms with E-state index in [4.69, 9.17) is 19.3 Å². The summed E-state index contributed by atoms with van der Waals surface area (Å²) >= 11 is 0. The van der Waals surface area contributed by atoms with Crippen LogP contribution in [0.5, 0.6) is 5.75 Å². The number of methoxy groups -OCH3 is 2. The van der Waals surface area contributed by atoms with Gasteiger partial charge in [0.25, 0.3) is 0 Å². The van der Waals surface area contributed by atoms with Gasteiger partial charge in [0, 0.05) is 26.2 Å². The van der Waals surface area contributed by atoms with E-state index in [2.05, 4.69) is 26.0 Å². The minimum Gasteiger partial charge on any atom is -0.493 e. The lowest BCUT2D eigenvalue weighted by atomic mass is 9.79. The zero-order valence-corrected chi connectivity index (χ0v) is 17.4. The number of benzene rings is 2. The maximum atomic E-state index is 11.2. The Kier molecular flexibility index (Phi) is 6.40. The molecule has 1 aliphatic heterocycles. The standard InChI is InChI=1S/C24H28O5/c1-24(2)11-12-29-21-10-5-16(14-20(21)24)13-19(15-22(27-3)28-4)17-6-8-18(9-7-17)23(25)26/h5-10,13-14,22H,11-12,15H2,1-4H3,(H,25,26). The van der Waals surface area contributed by atoms with Gasteiger partial charge >= 0.3 is 5.97 Å². The Morgan fingerprint density at radius 2 is 1.79 bits per heavy atom. The highest BCUT2D eigenvalue weighted by atomic mass is 16.7. The van der Waals surface area contributed by atoms with Crippen LogP contribution in [0.4, 0.5) is 0 Å². The highest BCUT2D eigenvalue weighted by Gasteiger charge is 2.28. The van der Waals surface area contributed by atoms with Gasteiger partial charge in [-0.15, -0.1) is 0 Å². The molecule has 0 bridgehead atoms. The summed E-state index contributed by atoms with van der Waals surface area (Å²) in [6.07, 6.45) is 3.23. The van der Waals surface area contributed by atoms with E-state index in [1.54, 1.807) is 26.4 Å². The molecule has 0 unspecified atom stereocenters. The van der Waals surface area contributed by atoms with Crippen molar-refractivity contribution in [3.63, 3.8) is 0 Å². The van der Waals surface area contributed by atoms with E-state index in [-0.39, 0.29) is 11.0 Å². The van der Waals surface area contributed by atoms with Crippen LogP contribution < -0.4 is 4.74 Å². The average Bonchev–Trinajstić information content (AvgIpc) is 2.71. The smallest absolute Gasteiger partial charge is 0.335 e. The van der Waals surface area contributed by atoms with Crippen LogP contribution in [0.25, 0.3) is 11.6 Å². The van der Waals surface area contributed by atoms with Crippen LogP contribution in [-0.2, 0) is 14.9 Å². The molecule has 0 spiro atoms. The average molecular weight is 396 g/mol. The highest BCUT2D eigenvalue weighted by molar-refractivity contribution is 5.89. The van der Waals surface area contributed by atoms with Gasteiger partial charge in [0.05, 0.1) is 12.2 Å². The molecule has 2 aromatic carbocycles. The van der Waals surface area contributed by atoms with Crippen LogP contribution in [0.2, 0.25) is 0 Å². The molecule has 1 aliphatic rings. The van der Waals surface area contributed by atoms with Gasteiger partial charge in [-0.05, 0) is 52.8 Å². The molecule has 1 heterocycles. The van der Waals surface area contributed by atoms with Crippen molar-refractivity contribution in [1.29, 1.82) is 0 Å². The molecule has 2 aromatic rings. The predicted molar refractivity (Wildman–Crippen MR) is 113 cm³/mol. The van der Waals surface area contributed by atoms with Gasteiger partial charge in [0.2, 0.25) is 0 Å². The number of rotatable bonds is 7. The zero-order chi connectivity index (χ0) is 21.0. The van der Waals surface area contributed by atoms with Gasteiger partial charge in [0.1, 0.15) is 5.75 Å². The van der Waals surface area contributed by atoms with Gasteiger partial charge in [-0.1, -0.05) is 38.1 Å². The van der Waals surface area contributed by atoms with Crippen molar-refractivity contribution < 1.29 is 24.1 Å². The summed E-state index contributed by atoms with van der Waals surface area (Å²) in [4.78, 5) is 11.2. The van der Waals surface area contributed by atoms with Gasteiger partial charge in [0.15, 0.2) is 6.29 Å². The normalized spacial score (nSPS) is 15.7. The fourth-order valence-corrected chi connectivity index (χ4v) is 3.57. The van der Waals surface area contributed by atoms with Crippen molar-refractivity contribution in [2.75, 3.05) is 20.8 Å². The summed E-state index contributed by atoms with van der Waals surface area (Å²) < 4.78 is 16.6. The molecular formula is C24H28O5. The molecule has 5 nitrogen and oxygen atoms in total. The molecule has 0 saturated heterocycles. The summed E-state index contributed by atoms with van der Waals surface area (Å²) in [5, 5.41) is 9.17. The highest BCUT2D eigenvalue weighted by Crippen LogP contribution is 2.39. The van der Waals surface area contributed by atoms with Gasteiger partial charge < -0.3 is 19.3 Å². The van der Waals surface area contributed by atoms with Gasteiger partial charge in [-0.2, -0.15) is 0 Å². The van der Waals surface area contributed by atoms with Crippen molar-refractivity contribution in [3.8, 4) is 5.75 Å². The third kappa shape index (κ3) is 4.86. The minimum absolute atomic E-state index is 0.0579. The molecule has 0 aromatic heterocycles. The third-order valence-electron chi connectivity index (χ3n) is 5.47. The third-order valence-corrected chi connectivity index (χ3v) is 5.47. The van der Waals surface area contributed by atoms with Crippen molar-refractivity contribution >= 4 is 17.6 Å². The van der Waals surface area contributed by atoms with Gasteiger partial charge in [-0.3, -0.25) is 0 Å².